The zero-order valence-electron chi connectivity index (χ0n) is 8.04. The number of halogens is 3. The predicted molar refractivity (Wildman–Crippen MR) is 46.0 cm³/mol. The highest BCUT2D eigenvalue weighted by atomic mass is 19.4. The second kappa shape index (κ2) is 4.30. The molecule has 1 rings (SSSR count). The molecule has 0 amide bonds. The number of aromatic nitrogens is 1. The van der Waals surface area contributed by atoms with Crippen molar-refractivity contribution >= 4 is 12.3 Å². The number of pyridine rings is 1. The first-order valence-corrected chi connectivity index (χ1v) is 4.01. The summed E-state index contributed by atoms with van der Waals surface area (Å²) in [6, 6.07) is 1.45. The molecule has 1 heterocycles. The summed E-state index contributed by atoms with van der Waals surface area (Å²) in [5.41, 5.74) is -2.15. The van der Waals surface area contributed by atoms with Crippen molar-refractivity contribution in [3.8, 4) is 0 Å². The number of ether oxygens (including phenoxy) is 1. The van der Waals surface area contributed by atoms with Crippen LogP contribution in [0.2, 0.25) is 0 Å². The van der Waals surface area contributed by atoms with Crippen LogP contribution in [-0.2, 0) is 10.9 Å². The molecule has 1 aromatic rings. The molecular formula is C9H6F3NO3. The Morgan fingerprint density at radius 1 is 1.44 bits per heavy atom. The molecule has 0 aliphatic rings. The molecule has 0 saturated heterocycles. The van der Waals surface area contributed by atoms with Crippen molar-refractivity contribution < 1.29 is 27.5 Å². The standard InChI is InChI=1S/C9H6F3NO3/c1-16-8(15)5-2-6(4-14)13-7(3-5)9(10,11)12/h2-4H,1H3. The summed E-state index contributed by atoms with van der Waals surface area (Å²) in [6.07, 6.45) is -4.59. The van der Waals surface area contributed by atoms with E-state index in [9.17, 15) is 22.8 Å². The van der Waals surface area contributed by atoms with Crippen LogP contribution < -0.4 is 0 Å². The second-order valence-corrected chi connectivity index (χ2v) is 2.77. The molecule has 0 aliphatic carbocycles. The van der Waals surface area contributed by atoms with E-state index in [4.69, 9.17) is 0 Å². The number of alkyl halides is 3. The molecule has 0 radical (unpaired) electrons. The molecule has 0 N–H and O–H groups in total. The molecule has 0 aliphatic heterocycles. The number of hydrogen-bond donors (Lipinski definition) is 0. The molecule has 0 spiro atoms. The Labute approximate surface area is 88.0 Å². The van der Waals surface area contributed by atoms with Gasteiger partial charge in [-0.1, -0.05) is 0 Å². The van der Waals surface area contributed by atoms with Crippen molar-refractivity contribution in [1.82, 2.24) is 4.98 Å². The lowest BCUT2D eigenvalue weighted by Gasteiger charge is -2.07. The monoisotopic (exact) mass is 233 g/mol. The van der Waals surface area contributed by atoms with Crippen LogP contribution in [0, 0.1) is 0 Å². The molecule has 86 valence electrons. The first kappa shape index (κ1) is 12.2. The predicted octanol–water partition coefficient (Wildman–Crippen LogP) is 1.70. The lowest BCUT2D eigenvalue weighted by Crippen LogP contribution is -2.12. The van der Waals surface area contributed by atoms with Crippen molar-refractivity contribution in [1.29, 1.82) is 0 Å². The largest absolute Gasteiger partial charge is 0.465 e. The van der Waals surface area contributed by atoms with Crippen LogP contribution in [0.25, 0.3) is 0 Å². The number of carbonyl (C=O) groups excluding carboxylic acids is 2. The number of methoxy groups -OCH3 is 1. The van der Waals surface area contributed by atoms with Crippen molar-refractivity contribution in [3.05, 3.63) is 29.1 Å². The topological polar surface area (TPSA) is 56.3 Å². The maximum atomic E-state index is 12.3. The maximum Gasteiger partial charge on any atom is 0.433 e. The van der Waals surface area contributed by atoms with Crippen LogP contribution in [0.4, 0.5) is 13.2 Å². The van der Waals surface area contributed by atoms with Crippen molar-refractivity contribution in [2.75, 3.05) is 7.11 Å². The Hall–Kier alpha value is -1.92. The number of nitrogens with zero attached hydrogens (tertiary/aromatic N) is 1. The summed E-state index contributed by atoms with van der Waals surface area (Å²) in [5, 5.41) is 0. The van der Waals surface area contributed by atoms with Crippen molar-refractivity contribution in [2.24, 2.45) is 0 Å². The van der Waals surface area contributed by atoms with E-state index in [0.717, 1.165) is 13.2 Å². The second-order valence-electron chi connectivity index (χ2n) is 2.77. The van der Waals surface area contributed by atoms with Crippen molar-refractivity contribution in [2.45, 2.75) is 6.18 Å². The van der Waals surface area contributed by atoms with Gasteiger partial charge in [0.15, 0.2) is 6.29 Å². The molecule has 0 unspecified atom stereocenters. The van der Waals surface area contributed by atoms with Gasteiger partial charge in [0, 0.05) is 0 Å². The fourth-order valence-corrected chi connectivity index (χ4v) is 0.993. The van der Waals surface area contributed by atoms with Gasteiger partial charge in [0.05, 0.1) is 12.7 Å². The minimum Gasteiger partial charge on any atom is -0.465 e. The van der Waals surface area contributed by atoms with Gasteiger partial charge >= 0.3 is 12.1 Å². The molecule has 7 heteroatoms. The lowest BCUT2D eigenvalue weighted by molar-refractivity contribution is -0.141. The Bertz CT molecular complexity index is 428. The van der Waals surface area contributed by atoms with Crippen LogP contribution in [0.3, 0.4) is 0 Å². The third kappa shape index (κ3) is 2.56. The number of aldehydes is 1. The number of hydrogen-bond acceptors (Lipinski definition) is 4. The fourth-order valence-electron chi connectivity index (χ4n) is 0.993. The highest BCUT2D eigenvalue weighted by molar-refractivity contribution is 5.91. The molecule has 0 bridgehead atoms. The van der Waals surface area contributed by atoms with Gasteiger partial charge in [-0.2, -0.15) is 13.2 Å². The minimum atomic E-state index is -4.72. The normalized spacial score (nSPS) is 11.0. The first-order chi connectivity index (χ1) is 7.38. The molecular weight excluding hydrogens is 227 g/mol. The van der Waals surface area contributed by atoms with E-state index < -0.39 is 23.5 Å². The quantitative estimate of drug-likeness (QED) is 0.576. The molecule has 16 heavy (non-hydrogen) atoms. The van der Waals surface area contributed by atoms with Gasteiger partial charge in [0.25, 0.3) is 0 Å². The summed E-state index contributed by atoms with van der Waals surface area (Å²) in [5.74, 6) is -0.962. The van der Waals surface area contributed by atoms with E-state index in [2.05, 4.69) is 9.72 Å². The zero-order chi connectivity index (χ0) is 12.3. The first-order valence-electron chi connectivity index (χ1n) is 4.01. The summed E-state index contributed by atoms with van der Waals surface area (Å²) >= 11 is 0. The van der Waals surface area contributed by atoms with Gasteiger partial charge in [-0.15, -0.1) is 0 Å². The van der Waals surface area contributed by atoms with E-state index in [1.807, 2.05) is 0 Å². The van der Waals surface area contributed by atoms with E-state index >= 15 is 0 Å². The highest BCUT2D eigenvalue weighted by Crippen LogP contribution is 2.28. The van der Waals surface area contributed by atoms with Crippen LogP contribution in [-0.4, -0.2) is 24.3 Å². The van der Waals surface area contributed by atoms with Gasteiger partial charge in [-0.05, 0) is 12.1 Å². The number of esters is 1. The number of carbonyl (C=O) groups is 2. The van der Waals surface area contributed by atoms with E-state index in [1.165, 1.54) is 0 Å². The Kier molecular flexibility index (Phi) is 3.26. The zero-order valence-corrected chi connectivity index (χ0v) is 8.04. The SMILES string of the molecule is COC(=O)c1cc(C=O)nc(C(F)(F)F)c1. The third-order valence-corrected chi connectivity index (χ3v) is 1.68. The molecule has 0 aromatic carbocycles. The minimum absolute atomic E-state index is 0.127. The average Bonchev–Trinajstić information content (AvgIpc) is 2.26. The Balaban J connectivity index is 3.32. The van der Waals surface area contributed by atoms with Gasteiger partial charge in [0.1, 0.15) is 11.4 Å². The average molecular weight is 233 g/mol. The fraction of sp³-hybridized carbons (Fsp3) is 0.222. The number of rotatable bonds is 2. The summed E-state index contributed by atoms with van der Waals surface area (Å²) in [4.78, 5) is 24.4. The summed E-state index contributed by atoms with van der Waals surface area (Å²) < 4.78 is 41.2. The molecule has 0 saturated carbocycles. The molecule has 1 aromatic heterocycles. The Morgan fingerprint density at radius 3 is 2.50 bits per heavy atom. The van der Waals surface area contributed by atoms with Gasteiger partial charge in [0.2, 0.25) is 0 Å². The van der Waals surface area contributed by atoms with Crippen molar-refractivity contribution in [3.63, 3.8) is 0 Å². The smallest absolute Gasteiger partial charge is 0.433 e. The van der Waals surface area contributed by atoms with E-state index in [0.29, 0.717) is 6.07 Å². The lowest BCUT2D eigenvalue weighted by atomic mass is 10.2. The summed E-state index contributed by atoms with van der Waals surface area (Å²) in [6.45, 7) is 0. The maximum absolute atomic E-state index is 12.3. The third-order valence-electron chi connectivity index (χ3n) is 1.68. The molecule has 4 nitrogen and oxygen atoms in total. The van der Waals surface area contributed by atoms with Gasteiger partial charge in [-0.25, -0.2) is 9.78 Å². The molecule has 0 fully saturated rings. The van der Waals surface area contributed by atoms with Crippen LogP contribution in [0.15, 0.2) is 12.1 Å². The van der Waals surface area contributed by atoms with Crippen LogP contribution >= 0.6 is 0 Å². The highest BCUT2D eigenvalue weighted by Gasteiger charge is 2.33. The summed E-state index contributed by atoms with van der Waals surface area (Å²) in [7, 11) is 1.02. The van der Waals surface area contributed by atoms with Gasteiger partial charge in [-0.3, -0.25) is 4.79 Å². The van der Waals surface area contributed by atoms with Crippen LogP contribution in [0.1, 0.15) is 26.5 Å². The molecule has 0 atom stereocenters. The van der Waals surface area contributed by atoms with Crippen LogP contribution in [0.5, 0.6) is 0 Å². The van der Waals surface area contributed by atoms with Gasteiger partial charge < -0.3 is 4.74 Å². The Morgan fingerprint density at radius 2 is 2.06 bits per heavy atom. The van der Waals surface area contributed by atoms with E-state index in [1.54, 1.807) is 0 Å². The van der Waals surface area contributed by atoms with E-state index in [-0.39, 0.29) is 11.8 Å².